The first kappa shape index (κ1) is 15.3. The van der Waals surface area contributed by atoms with Gasteiger partial charge in [-0.1, -0.05) is 30.3 Å². The third-order valence-electron chi connectivity index (χ3n) is 3.25. The van der Waals surface area contributed by atoms with E-state index in [1.807, 2.05) is 30.3 Å². The number of nitrogens with two attached hydrogens (primary N) is 1. The van der Waals surface area contributed by atoms with E-state index in [4.69, 9.17) is 5.73 Å². The summed E-state index contributed by atoms with van der Waals surface area (Å²) in [6, 6.07) is 10.5. The maximum atomic E-state index is 13.5. The summed E-state index contributed by atoms with van der Waals surface area (Å²) in [5.74, 6) is -5.00. The Morgan fingerprint density at radius 2 is 1.67 bits per heavy atom. The van der Waals surface area contributed by atoms with Crippen LogP contribution in [0, 0.1) is 17.5 Å². The zero-order valence-corrected chi connectivity index (χ0v) is 11.2. The van der Waals surface area contributed by atoms with Crippen molar-refractivity contribution in [3.63, 3.8) is 0 Å². The molecule has 0 fully saturated rings. The summed E-state index contributed by atoms with van der Waals surface area (Å²) in [6.07, 6.45) is 0.249. The van der Waals surface area contributed by atoms with Crippen molar-refractivity contribution in [1.82, 2.24) is 0 Å². The van der Waals surface area contributed by atoms with Crippen molar-refractivity contribution in [1.29, 1.82) is 0 Å². The summed E-state index contributed by atoms with van der Waals surface area (Å²) in [6.45, 7) is 0. The highest BCUT2D eigenvalue weighted by Crippen LogP contribution is 2.20. The van der Waals surface area contributed by atoms with Gasteiger partial charge in [-0.3, -0.25) is 4.79 Å². The topological polar surface area (TPSA) is 43.1 Å². The fraction of sp³-hybridized carbons (Fsp3) is 0.188. The quantitative estimate of drug-likeness (QED) is 0.673. The van der Waals surface area contributed by atoms with Gasteiger partial charge < -0.3 is 5.73 Å². The number of halogens is 3. The molecule has 0 aliphatic rings. The molecular formula is C16H14F3NO. The fourth-order valence-electron chi connectivity index (χ4n) is 2.03. The second kappa shape index (κ2) is 6.54. The normalized spacial score (nSPS) is 12.2. The number of rotatable bonds is 5. The third-order valence-corrected chi connectivity index (χ3v) is 3.25. The third kappa shape index (κ3) is 3.49. The van der Waals surface area contributed by atoms with Crippen molar-refractivity contribution in [3.8, 4) is 0 Å². The molecule has 0 radical (unpaired) electrons. The van der Waals surface area contributed by atoms with Gasteiger partial charge in [-0.05, 0) is 24.1 Å². The molecule has 21 heavy (non-hydrogen) atoms. The summed E-state index contributed by atoms with van der Waals surface area (Å²) in [5.41, 5.74) is 6.34. The van der Waals surface area contributed by atoms with Gasteiger partial charge >= 0.3 is 0 Å². The average Bonchev–Trinajstić information content (AvgIpc) is 2.51. The Balaban J connectivity index is 2.04. The molecule has 2 aromatic rings. The van der Waals surface area contributed by atoms with E-state index in [2.05, 4.69) is 0 Å². The van der Waals surface area contributed by atoms with Gasteiger partial charge in [0.15, 0.2) is 23.2 Å². The lowest BCUT2D eigenvalue weighted by molar-refractivity contribution is 0.0972. The number of Topliss-reactive ketones (excluding diaryl/α,β-unsaturated/α-hetero) is 1. The molecule has 0 saturated carbocycles. The first-order valence-corrected chi connectivity index (χ1v) is 6.48. The lowest BCUT2D eigenvalue weighted by Gasteiger charge is -2.11. The Labute approximate surface area is 120 Å². The Hall–Kier alpha value is -2.14. The first-order chi connectivity index (χ1) is 10.0. The van der Waals surface area contributed by atoms with E-state index in [0.717, 1.165) is 17.7 Å². The summed E-state index contributed by atoms with van der Waals surface area (Å²) >= 11 is 0. The lowest BCUT2D eigenvalue weighted by Crippen LogP contribution is -2.13. The number of carbonyl (C=O) groups is 1. The molecular weight excluding hydrogens is 279 g/mol. The Morgan fingerprint density at radius 3 is 2.33 bits per heavy atom. The Morgan fingerprint density at radius 1 is 1.00 bits per heavy atom. The summed E-state index contributed by atoms with van der Waals surface area (Å²) in [7, 11) is 0. The highest BCUT2D eigenvalue weighted by Gasteiger charge is 2.19. The molecule has 110 valence electrons. The van der Waals surface area contributed by atoms with E-state index in [9.17, 15) is 18.0 Å². The molecule has 2 N–H and O–H groups in total. The standard InChI is InChI=1S/C16H14F3NO/c17-12-7-6-11(15(18)16(12)19)14(21)9-8-13(20)10-4-2-1-3-5-10/h1-7,13H,8-9,20H2. The Kier molecular flexibility index (Phi) is 4.75. The van der Waals surface area contributed by atoms with Gasteiger partial charge in [-0.25, -0.2) is 13.2 Å². The van der Waals surface area contributed by atoms with Crippen LogP contribution in [0.4, 0.5) is 13.2 Å². The van der Waals surface area contributed by atoms with Crippen molar-refractivity contribution < 1.29 is 18.0 Å². The van der Waals surface area contributed by atoms with Crippen molar-refractivity contribution in [2.24, 2.45) is 5.73 Å². The van der Waals surface area contributed by atoms with E-state index >= 15 is 0 Å². The molecule has 0 saturated heterocycles. The molecule has 2 aromatic carbocycles. The van der Waals surface area contributed by atoms with Crippen LogP contribution in [0.1, 0.15) is 34.8 Å². The molecule has 0 spiro atoms. The van der Waals surface area contributed by atoms with Crippen molar-refractivity contribution >= 4 is 5.78 Å². The average molecular weight is 293 g/mol. The van der Waals surface area contributed by atoms with Crippen LogP contribution in [0.15, 0.2) is 42.5 Å². The van der Waals surface area contributed by atoms with Gasteiger partial charge in [0.05, 0.1) is 5.56 Å². The van der Waals surface area contributed by atoms with E-state index in [1.165, 1.54) is 0 Å². The number of ketones is 1. The fourth-order valence-corrected chi connectivity index (χ4v) is 2.03. The zero-order valence-electron chi connectivity index (χ0n) is 11.2. The molecule has 0 bridgehead atoms. The van der Waals surface area contributed by atoms with Gasteiger partial charge in [0.2, 0.25) is 0 Å². The van der Waals surface area contributed by atoms with Gasteiger partial charge in [-0.2, -0.15) is 0 Å². The van der Waals surface area contributed by atoms with Crippen LogP contribution in [0.3, 0.4) is 0 Å². The van der Waals surface area contributed by atoms with Crippen LogP contribution in [0.25, 0.3) is 0 Å². The molecule has 1 atom stereocenters. The van der Waals surface area contributed by atoms with Crippen LogP contribution >= 0.6 is 0 Å². The monoisotopic (exact) mass is 293 g/mol. The molecule has 0 aromatic heterocycles. The summed E-state index contributed by atoms with van der Waals surface area (Å²) in [4.78, 5) is 11.9. The molecule has 1 unspecified atom stereocenters. The number of benzene rings is 2. The van der Waals surface area contributed by atoms with Gasteiger partial charge in [0.25, 0.3) is 0 Å². The largest absolute Gasteiger partial charge is 0.324 e. The Bertz CT molecular complexity index is 643. The van der Waals surface area contributed by atoms with Crippen molar-refractivity contribution in [2.45, 2.75) is 18.9 Å². The van der Waals surface area contributed by atoms with Crippen LogP contribution in [-0.4, -0.2) is 5.78 Å². The van der Waals surface area contributed by atoms with Gasteiger partial charge in [0.1, 0.15) is 0 Å². The smallest absolute Gasteiger partial charge is 0.195 e. The van der Waals surface area contributed by atoms with E-state index < -0.39 is 28.8 Å². The molecule has 0 heterocycles. The number of hydrogen-bond acceptors (Lipinski definition) is 2. The zero-order chi connectivity index (χ0) is 15.4. The predicted molar refractivity (Wildman–Crippen MR) is 73.3 cm³/mol. The predicted octanol–water partition coefficient (Wildman–Crippen LogP) is 3.77. The second-order valence-electron chi connectivity index (χ2n) is 4.70. The maximum Gasteiger partial charge on any atom is 0.195 e. The van der Waals surface area contributed by atoms with E-state index in [-0.39, 0.29) is 12.5 Å². The number of carbonyl (C=O) groups excluding carboxylic acids is 1. The van der Waals surface area contributed by atoms with Gasteiger partial charge in [-0.15, -0.1) is 0 Å². The molecule has 0 amide bonds. The summed E-state index contributed by atoms with van der Waals surface area (Å²) < 4.78 is 39.4. The molecule has 2 nitrogen and oxygen atoms in total. The first-order valence-electron chi connectivity index (χ1n) is 6.48. The maximum absolute atomic E-state index is 13.5. The highest BCUT2D eigenvalue weighted by molar-refractivity contribution is 5.96. The highest BCUT2D eigenvalue weighted by atomic mass is 19.2. The minimum atomic E-state index is -1.63. The number of hydrogen-bond donors (Lipinski definition) is 1. The van der Waals surface area contributed by atoms with Crippen LogP contribution < -0.4 is 5.73 Å². The summed E-state index contributed by atoms with van der Waals surface area (Å²) in [5, 5.41) is 0. The van der Waals surface area contributed by atoms with Crippen molar-refractivity contribution in [3.05, 3.63) is 71.0 Å². The minimum absolute atomic E-state index is 0.0436. The second-order valence-corrected chi connectivity index (χ2v) is 4.70. The van der Waals surface area contributed by atoms with Crippen LogP contribution in [0.2, 0.25) is 0 Å². The lowest BCUT2D eigenvalue weighted by atomic mass is 9.98. The molecule has 0 aliphatic heterocycles. The van der Waals surface area contributed by atoms with E-state index in [0.29, 0.717) is 6.42 Å². The van der Waals surface area contributed by atoms with Crippen LogP contribution in [0.5, 0.6) is 0 Å². The van der Waals surface area contributed by atoms with E-state index in [1.54, 1.807) is 0 Å². The molecule has 0 aliphatic carbocycles. The van der Waals surface area contributed by atoms with Gasteiger partial charge in [0, 0.05) is 12.5 Å². The minimum Gasteiger partial charge on any atom is -0.324 e. The molecule has 5 heteroatoms. The van der Waals surface area contributed by atoms with Crippen LogP contribution in [-0.2, 0) is 0 Å². The van der Waals surface area contributed by atoms with Crippen molar-refractivity contribution in [2.75, 3.05) is 0 Å². The molecule has 2 rings (SSSR count). The SMILES string of the molecule is NC(CCC(=O)c1ccc(F)c(F)c1F)c1ccccc1.